The fourth-order valence-electron chi connectivity index (χ4n) is 1.43. The number of carbonyl (C=O) groups is 1. The van der Waals surface area contributed by atoms with Crippen LogP contribution < -0.4 is 11.1 Å². The minimum atomic E-state index is -0.913. The molecule has 1 amide bonds. The first-order chi connectivity index (χ1) is 8.58. The summed E-state index contributed by atoms with van der Waals surface area (Å²) < 4.78 is 26.3. The molecule has 0 saturated carbocycles. The van der Waals surface area contributed by atoms with Crippen molar-refractivity contribution in [2.45, 2.75) is 6.54 Å². The minimum Gasteiger partial charge on any atom is -0.378 e. The number of rotatable bonds is 4. The van der Waals surface area contributed by atoms with Crippen molar-refractivity contribution in [3.8, 4) is 0 Å². The highest BCUT2D eigenvalue weighted by Crippen LogP contribution is 2.20. The zero-order valence-electron chi connectivity index (χ0n) is 9.24. The van der Waals surface area contributed by atoms with E-state index in [1.54, 1.807) is 11.4 Å². The molecule has 2 aromatic rings. The van der Waals surface area contributed by atoms with Gasteiger partial charge in [0, 0.05) is 16.8 Å². The highest BCUT2D eigenvalue weighted by Gasteiger charge is 2.08. The molecule has 94 valence electrons. The lowest BCUT2D eigenvalue weighted by Crippen LogP contribution is -2.09. The van der Waals surface area contributed by atoms with E-state index in [4.69, 9.17) is 5.73 Å². The van der Waals surface area contributed by atoms with Crippen LogP contribution in [0.15, 0.2) is 29.6 Å². The Balaban J connectivity index is 2.07. The van der Waals surface area contributed by atoms with Crippen LogP contribution in [0.3, 0.4) is 0 Å². The monoisotopic (exact) mass is 268 g/mol. The average Bonchev–Trinajstić information content (AvgIpc) is 2.80. The summed E-state index contributed by atoms with van der Waals surface area (Å²) in [4.78, 5) is 11.7. The first-order valence-electron chi connectivity index (χ1n) is 5.13. The zero-order chi connectivity index (χ0) is 13.1. The van der Waals surface area contributed by atoms with Crippen LogP contribution in [0.2, 0.25) is 0 Å². The Bertz CT molecular complexity index is 583. The SMILES string of the molecule is NC(=O)c1csc(CNc2cccc(F)c2F)c1. The van der Waals surface area contributed by atoms with Crippen LogP contribution in [0, 0.1) is 11.6 Å². The van der Waals surface area contributed by atoms with Crippen molar-refractivity contribution >= 4 is 22.9 Å². The summed E-state index contributed by atoms with van der Waals surface area (Å²) in [5.74, 6) is -2.32. The largest absolute Gasteiger partial charge is 0.378 e. The summed E-state index contributed by atoms with van der Waals surface area (Å²) in [6, 6.07) is 5.54. The molecule has 0 spiro atoms. The summed E-state index contributed by atoms with van der Waals surface area (Å²) in [7, 11) is 0. The normalized spacial score (nSPS) is 10.3. The van der Waals surface area contributed by atoms with E-state index >= 15 is 0 Å². The molecule has 18 heavy (non-hydrogen) atoms. The molecule has 0 aliphatic heterocycles. The number of amides is 1. The Morgan fingerprint density at radius 3 is 2.83 bits per heavy atom. The van der Waals surface area contributed by atoms with Crippen LogP contribution in [0.4, 0.5) is 14.5 Å². The third kappa shape index (κ3) is 2.65. The van der Waals surface area contributed by atoms with E-state index in [-0.39, 0.29) is 5.69 Å². The van der Waals surface area contributed by atoms with Crippen molar-refractivity contribution in [2.24, 2.45) is 5.73 Å². The number of thiophene rings is 1. The van der Waals surface area contributed by atoms with E-state index in [0.717, 1.165) is 10.9 Å². The fourth-order valence-corrected chi connectivity index (χ4v) is 2.24. The van der Waals surface area contributed by atoms with E-state index in [0.29, 0.717) is 12.1 Å². The summed E-state index contributed by atoms with van der Waals surface area (Å²) in [6.45, 7) is 0.304. The van der Waals surface area contributed by atoms with E-state index in [9.17, 15) is 13.6 Å². The summed E-state index contributed by atoms with van der Waals surface area (Å²) in [5, 5.41) is 4.39. The van der Waals surface area contributed by atoms with Gasteiger partial charge < -0.3 is 11.1 Å². The third-order valence-electron chi connectivity index (χ3n) is 2.34. The quantitative estimate of drug-likeness (QED) is 0.895. The number of nitrogens with one attached hydrogen (secondary N) is 1. The van der Waals surface area contributed by atoms with Gasteiger partial charge in [0.05, 0.1) is 11.3 Å². The predicted molar refractivity (Wildman–Crippen MR) is 66.5 cm³/mol. The lowest BCUT2D eigenvalue weighted by molar-refractivity contribution is 0.100. The van der Waals surface area contributed by atoms with Gasteiger partial charge in [0.15, 0.2) is 11.6 Å². The topological polar surface area (TPSA) is 55.1 Å². The maximum Gasteiger partial charge on any atom is 0.249 e. The lowest BCUT2D eigenvalue weighted by Gasteiger charge is -2.06. The van der Waals surface area contributed by atoms with Crippen molar-refractivity contribution in [1.29, 1.82) is 0 Å². The van der Waals surface area contributed by atoms with Crippen LogP contribution in [0.25, 0.3) is 0 Å². The van der Waals surface area contributed by atoms with E-state index in [2.05, 4.69) is 5.32 Å². The van der Waals surface area contributed by atoms with Gasteiger partial charge in [-0.05, 0) is 18.2 Å². The van der Waals surface area contributed by atoms with Gasteiger partial charge in [-0.15, -0.1) is 11.3 Å². The smallest absolute Gasteiger partial charge is 0.249 e. The number of benzene rings is 1. The molecule has 0 bridgehead atoms. The number of hydrogen-bond donors (Lipinski definition) is 2. The molecule has 6 heteroatoms. The van der Waals surface area contributed by atoms with Crippen molar-refractivity contribution in [3.63, 3.8) is 0 Å². The molecule has 0 unspecified atom stereocenters. The number of nitrogens with two attached hydrogens (primary N) is 1. The highest BCUT2D eigenvalue weighted by atomic mass is 32.1. The number of anilines is 1. The molecule has 0 saturated heterocycles. The van der Waals surface area contributed by atoms with E-state index in [1.165, 1.54) is 23.5 Å². The van der Waals surface area contributed by atoms with Gasteiger partial charge in [-0.3, -0.25) is 4.79 Å². The third-order valence-corrected chi connectivity index (χ3v) is 3.28. The second-order valence-corrected chi connectivity index (χ2v) is 4.62. The van der Waals surface area contributed by atoms with Crippen LogP contribution in [-0.2, 0) is 6.54 Å². The van der Waals surface area contributed by atoms with Crippen LogP contribution in [0.1, 0.15) is 15.2 Å². The van der Waals surface area contributed by atoms with Gasteiger partial charge >= 0.3 is 0 Å². The Kier molecular flexibility index (Phi) is 3.57. The highest BCUT2D eigenvalue weighted by molar-refractivity contribution is 7.10. The standard InChI is InChI=1S/C12H10F2N2OS/c13-9-2-1-3-10(11(9)14)16-5-8-4-7(6-18-8)12(15)17/h1-4,6,16H,5H2,(H2,15,17). The first-order valence-corrected chi connectivity index (χ1v) is 6.01. The second-order valence-electron chi connectivity index (χ2n) is 3.62. The van der Waals surface area contributed by atoms with Crippen LogP contribution in [0.5, 0.6) is 0 Å². The van der Waals surface area contributed by atoms with Crippen molar-refractivity contribution in [2.75, 3.05) is 5.32 Å². The first kappa shape index (κ1) is 12.5. The van der Waals surface area contributed by atoms with Gasteiger partial charge in [-0.1, -0.05) is 6.07 Å². The maximum absolute atomic E-state index is 13.3. The molecule has 2 rings (SSSR count). The summed E-state index contributed by atoms with van der Waals surface area (Å²) in [5.41, 5.74) is 5.62. The molecule has 0 fully saturated rings. The molecule has 1 aromatic heterocycles. The maximum atomic E-state index is 13.3. The molecule has 0 aliphatic rings. The summed E-state index contributed by atoms with van der Waals surface area (Å²) in [6.07, 6.45) is 0. The number of halogens is 2. The van der Waals surface area contributed by atoms with Crippen molar-refractivity contribution in [1.82, 2.24) is 0 Å². The minimum absolute atomic E-state index is 0.0871. The number of hydrogen-bond acceptors (Lipinski definition) is 3. The van der Waals surface area contributed by atoms with Gasteiger partial charge in [0.2, 0.25) is 5.91 Å². The van der Waals surface area contributed by atoms with Crippen LogP contribution >= 0.6 is 11.3 Å². The number of primary amides is 1. The van der Waals surface area contributed by atoms with Crippen molar-refractivity contribution in [3.05, 3.63) is 51.7 Å². The van der Waals surface area contributed by atoms with Gasteiger partial charge in [-0.25, -0.2) is 8.78 Å². The second kappa shape index (κ2) is 5.14. The van der Waals surface area contributed by atoms with Gasteiger partial charge in [-0.2, -0.15) is 0 Å². The zero-order valence-corrected chi connectivity index (χ0v) is 10.1. The van der Waals surface area contributed by atoms with Gasteiger partial charge in [0.25, 0.3) is 0 Å². The molecule has 0 atom stereocenters. The lowest BCUT2D eigenvalue weighted by atomic mass is 10.2. The number of carbonyl (C=O) groups excluding carboxylic acids is 1. The Morgan fingerprint density at radius 1 is 1.39 bits per heavy atom. The van der Waals surface area contributed by atoms with Gasteiger partial charge in [0.1, 0.15) is 0 Å². The molecule has 1 aromatic carbocycles. The Hall–Kier alpha value is -1.95. The molecular weight excluding hydrogens is 258 g/mol. The van der Waals surface area contributed by atoms with Crippen LogP contribution in [-0.4, -0.2) is 5.91 Å². The fraction of sp³-hybridized carbons (Fsp3) is 0.0833. The predicted octanol–water partition coefficient (Wildman–Crippen LogP) is 2.74. The summed E-state index contributed by atoms with van der Waals surface area (Å²) >= 11 is 1.33. The Labute approximate surface area is 106 Å². The molecule has 0 aliphatic carbocycles. The van der Waals surface area contributed by atoms with E-state index in [1.807, 2.05) is 0 Å². The molecule has 3 nitrogen and oxygen atoms in total. The molecular formula is C12H10F2N2OS. The van der Waals surface area contributed by atoms with Crippen molar-refractivity contribution < 1.29 is 13.6 Å². The average molecular weight is 268 g/mol. The molecule has 1 heterocycles. The molecule has 0 radical (unpaired) electrons. The Morgan fingerprint density at radius 2 is 2.17 bits per heavy atom. The van der Waals surface area contributed by atoms with E-state index < -0.39 is 17.5 Å². The molecule has 3 N–H and O–H groups in total.